The van der Waals surface area contributed by atoms with Crippen LogP contribution in [0.1, 0.15) is 120 Å². The van der Waals surface area contributed by atoms with Crippen molar-refractivity contribution in [3.8, 4) is 0 Å². The van der Waals surface area contributed by atoms with Crippen LogP contribution in [0.15, 0.2) is 0 Å². The molecule has 0 aliphatic rings. The molecule has 0 aliphatic heterocycles. The van der Waals surface area contributed by atoms with Crippen LogP contribution in [0.3, 0.4) is 0 Å². The molecule has 0 fully saturated rings. The summed E-state index contributed by atoms with van der Waals surface area (Å²) in [5.74, 6) is 0. The summed E-state index contributed by atoms with van der Waals surface area (Å²) in [4.78, 5) is 0. The minimum Gasteiger partial charge on any atom is -0.421 e. The van der Waals surface area contributed by atoms with Crippen molar-refractivity contribution in [2.45, 2.75) is 159 Å². The third-order valence-corrected chi connectivity index (χ3v) is 8.64. The Kier molecular flexibility index (Phi) is 46.4. The lowest BCUT2D eigenvalue weighted by atomic mass is 10.1. The molecule has 0 saturated heterocycles. The summed E-state index contributed by atoms with van der Waals surface area (Å²) in [6, 6.07) is 1.33. The summed E-state index contributed by atoms with van der Waals surface area (Å²) in [5, 5.41) is 0. The fourth-order valence-electron chi connectivity index (χ4n) is 2.29. The molecule has 0 aliphatic carbocycles. The van der Waals surface area contributed by atoms with Crippen molar-refractivity contribution in [3.05, 3.63) is 0 Å². The molecule has 0 bridgehead atoms. The lowest BCUT2D eigenvalue weighted by Crippen LogP contribution is -2.27. The van der Waals surface area contributed by atoms with Crippen LogP contribution >= 0.6 is 0 Å². The normalized spacial score (nSPS) is 10.2. The van der Waals surface area contributed by atoms with Gasteiger partial charge in [0.25, 0.3) is 0 Å². The van der Waals surface area contributed by atoms with E-state index < -0.39 is 16.6 Å². The maximum atomic E-state index is 5.50. The maximum absolute atomic E-state index is 5.50. The number of rotatable bonds is 14. The van der Waals surface area contributed by atoms with Crippen LogP contribution < -0.4 is 0 Å². The van der Waals surface area contributed by atoms with E-state index in [9.17, 15) is 0 Å². The second kappa shape index (κ2) is 31.5. The molecule has 2 nitrogen and oxygen atoms in total. The van der Waals surface area contributed by atoms with Crippen LogP contribution in [0.4, 0.5) is 0 Å². The predicted molar refractivity (Wildman–Crippen MR) is 152 cm³/mol. The van der Waals surface area contributed by atoms with E-state index in [4.69, 9.17) is 8.85 Å². The molecule has 0 heterocycles. The van der Waals surface area contributed by atoms with Crippen molar-refractivity contribution in [3.63, 3.8) is 0 Å². The minimum atomic E-state index is -1.25. The van der Waals surface area contributed by atoms with Gasteiger partial charge < -0.3 is 8.85 Å². The Bertz CT molecular complexity index is 258. The summed E-state index contributed by atoms with van der Waals surface area (Å²) in [6.45, 7) is 17.9. The van der Waals surface area contributed by atoms with Gasteiger partial charge in [-0.15, -0.1) is 0 Å². The van der Waals surface area contributed by atoms with Gasteiger partial charge in [0, 0.05) is 14.2 Å². The molecule has 0 aromatic rings. The van der Waals surface area contributed by atoms with E-state index in [1.807, 2.05) is 7.11 Å². The first-order valence-corrected chi connectivity index (χ1v) is 18.2. The number of unbranched alkanes of at least 4 members (excludes halogenated alkanes) is 10. The van der Waals surface area contributed by atoms with Crippen molar-refractivity contribution in [1.82, 2.24) is 0 Å². The van der Waals surface area contributed by atoms with Gasteiger partial charge in [0.05, 0.1) is 0 Å². The molecule has 0 rings (SSSR count). The van der Waals surface area contributed by atoms with E-state index in [0.29, 0.717) is 0 Å². The van der Waals surface area contributed by atoms with E-state index >= 15 is 0 Å². The molecule has 0 spiro atoms. The summed E-state index contributed by atoms with van der Waals surface area (Å²) >= 11 is 0. The van der Waals surface area contributed by atoms with Crippen LogP contribution in [0.25, 0.3) is 0 Å². The van der Waals surface area contributed by atoms with Crippen molar-refractivity contribution in [1.29, 1.82) is 0 Å². The quantitative estimate of drug-likeness (QED) is 0.186. The van der Waals surface area contributed by atoms with Crippen LogP contribution in [0, 0.1) is 0 Å². The highest BCUT2D eigenvalue weighted by molar-refractivity contribution is 6.71. The number of hydrogen-bond acceptors (Lipinski definition) is 2. The molecule has 0 aromatic heterocycles. The highest BCUT2D eigenvalue weighted by Gasteiger charge is 2.18. The lowest BCUT2D eigenvalue weighted by Gasteiger charge is -2.19. The first-order valence-electron chi connectivity index (χ1n) is 11.7. The zero-order chi connectivity index (χ0) is 21.6. The first-order chi connectivity index (χ1) is 12.6. The number of hydrogen-bond donors (Lipinski definition) is 0. The molecule has 0 unspecified atom stereocenters. The first kappa shape index (κ1) is 44.1. The molecular formula is C26H68O2Si2. The monoisotopic (exact) mass is 468 g/mol. The SMILES string of the molecule is C.C.C.CCCCCCCC.CCCCCCCC[Si](C)(C)OC.CO[Si](C)(C)C. The second-order valence-corrected chi connectivity index (χ2v) is 18.3. The Morgan fingerprint density at radius 1 is 0.467 bits per heavy atom. The van der Waals surface area contributed by atoms with Crippen molar-refractivity contribution < 1.29 is 8.85 Å². The van der Waals surface area contributed by atoms with Crippen molar-refractivity contribution >= 4 is 16.6 Å². The van der Waals surface area contributed by atoms with Crippen LogP contribution in [-0.2, 0) is 8.85 Å². The molecule has 0 aromatic carbocycles. The molecule has 30 heavy (non-hydrogen) atoms. The highest BCUT2D eigenvalue weighted by Crippen LogP contribution is 2.16. The van der Waals surface area contributed by atoms with E-state index in [1.54, 1.807) is 7.11 Å². The van der Waals surface area contributed by atoms with Gasteiger partial charge >= 0.3 is 0 Å². The van der Waals surface area contributed by atoms with E-state index in [2.05, 4.69) is 53.5 Å². The predicted octanol–water partition coefficient (Wildman–Crippen LogP) is 10.9. The van der Waals surface area contributed by atoms with E-state index in [1.165, 1.54) is 83.1 Å². The van der Waals surface area contributed by atoms with Gasteiger partial charge in [-0.3, -0.25) is 0 Å². The molecule has 0 atom stereocenters. The van der Waals surface area contributed by atoms with Gasteiger partial charge in [-0.1, -0.05) is 120 Å². The third-order valence-electron chi connectivity index (χ3n) is 4.75. The molecule has 192 valence electrons. The molecule has 0 radical (unpaired) electrons. The third kappa shape index (κ3) is 51.2. The minimum absolute atomic E-state index is 0. The van der Waals surface area contributed by atoms with Gasteiger partial charge in [-0.05, 0) is 38.8 Å². The lowest BCUT2D eigenvalue weighted by molar-refractivity contribution is 0.400. The molecular weight excluding hydrogens is 400 g/mol. The summed E-state index contributed by atoms with van der Waals surface area (Å²) in [7, 11) is 1.26. The summed E-state index contributed by atoms with van der Waals surface area (Å²) < 4.78 is 10.6. The second-order valence-electron chi connectivity index (χ2n) is 9.21. The van der Waals surface area contributed by atoms with Gasteiger partial charge in [0.2, 0.25) is 0 Å². The fraction of sp³-hybridized carbons (Fsp3) is 1.00. The van der Waals surface area contributed by atoms with Crippen molar-refractivity contribution in [2.75, 3.05) is 14.2 Å². The molecule has 0 amide bonds. The van der Waals surface area contributed by atoms with E-state index in [-0.39, 0.29) is 22.3 Å². The Morgan fingerprint density at radius 2 is 0.733 bits per heavy atom. The standard InChI is InChI=1S/C11H26OSi.C8H18.C4H12OSi.3CH4/c1-5-6-7-8-9-10-11-13(3,4)12-2;1-3-5-7-8-6-4-2;1-5-6(2,3)4;;;/h5-11H2,1-4H3;3-8H2,1-2H3;1-4H3;3*1H4. The zero-order valence-electron chi connectivity index (χ0n) is 21.0. The molecule has 0 N–H and O–H groups in total. The smallest absolute Gasteiger partial charge is 0.186 e. The van der Waals surface area contributed by atoms with Crippen LogP contribution in [0.2, 0.25) is 38.8 Å². The fourth-order valence-corrected chi connectivity index (χ4v) is 3.59. The molecule has 0 saturated carbocycles. The van der Waals surface area contributed by atoms with E-state index in [0.717, 1.165) is 0 Å². The van der Waals surface area contributed by atoms with Crippen LogP contribution in [0.5, 0.6) is 0 Å². The Morgan fingerprint density at radius 3 is 0.967 bits per heavy atom. The summed E-state index contributed by atoms with van der Waals surface area (Å²) in [5.41, 5.74) is 0. The van der Waals surface area contributed by atoms with Gasteiger partial charge in [-0.25, -0.2) is 0 Å². The Balaban J connectivity index is -0.0000000739. The average Bonchev–Trinajstić information content (AvgIpc) is 2.62. The summed E-state index contributed by atoms with van der Waals surface area (Å²) in [6.07, 6.45) is 16.9. The molecule has 4 heteroatoms. The Labute approximate surface area is 198 Å². The van der Waals surface area contributed by atoms with Gasteiger partial charge in [-0.2, -0.15) is 0 Å². The topological polar surface area (TPSA) is 18.5 Å². The zero-order valence-corrected chi connectivity index (χ0v) is 23.0. The van der Waals surface area contributed by atoms with Gasteiger partial charge in [0.1, 0.15) is 0 Å². The average molecular weight is 469 g/mol. The van der Waals surface area contributed by atoms with Gasteiger partial charge in [0.15, 0.2) is 16.6 Å². The maximum Gasteiger partial charge on any atom is 0.186 e. The van der Waals surface area contributed by atoms with Crippen LogP contribution in [-0.4, -0.2) is 30.9 Å². The highest BCUT2D eigenvalue weighted by atomic mass is 28.4. The largest absolute Gasteiger partial charge is 0.421 e. The Hall–Kier alpha value is 0.354. The van der Waals surface area contributed by atoms with Crippen molar-refractivity contribution in [2.24, 2.45) is 0 Å².